The molecule has 1 aromatic heterocycles. The molecule has 0 saturated heterocycles. The molecule has 1 N–H and O–H groups in total. The molecule has 2 aliphatic carbocycles. The zero-order valence-corrected chi connectivity index (χ0v) is 20.6. The van der Waals surface area contributed by atoms with Crippen LogP contribution in [-0.2, 0) is 20.9 Å². The van der Waals surface area contributed by atoms with Crippen LogP contribution in [0, 0.1) is 11.3 Å². The highest BCUT2D eigenvalue weighted by Crippen LogP contribution is 2.50. The van der Waals surface area contributed by atoms with Gasteiger partial charge in [-0.3, -0.25) is 9.59 Å². The van der Waals surface area contributed by atoms with Crippen molar-refractivity contribution in [2.75, 3.05) is 7.11 Å². The Morgan fingerprint density at radius 3 is 2.19 bits per heavy atom. The average Bonchev–Trinajstić information content (AvgIpc) is 3.45. The number of methoxy groups -OCH3 is 1. The molecule has 0 bridgehead atoms. The minimum Gasteiger partial charge on any atom is -0.481 e. The number of carboxylic acids is 1. The Balaban J connectivity index is 0.000000605. The van der Waals surface area contributed by atoms with E-state index in [2.05, 4.69) is 35.8 Å². The van der Waals surface area contributed by atoms with Crippen LogP contribution in [0.5, 0.6) is 0 Å². The lowest BCUT2D eigenvalue weighted by molar-refractivity contribution is -0.141. The van der Waals surface area contributed by atoms with E-state index in [1.54, 1.807) is 6.92 Å². The van der Waals surface area contributed by atoms with Gasteiger partial charge in [-0.15, -0.1) is 5.10 Å². The Hall–Kier alpha value is -1.92. The van der Waals surface area contributed by atoms with Crippen LogP contribution in [0.2, 0.25) is 0 Å². The van der Waals surface area contributed by atoms with Gasteiger partial charge < -0.3 is 9.84 Å². The summed E-state index contributed by atoms with van der Waals surface area (Å²) < 4.78 is 6.78. The first-order valence-electron chi connectivity index (χ1n) is 11.9. The fourth-order valence-electron chi connectivity index (χ4n) is 4.03. The number of aryl methyl sites for hydroxylation is 1. The molecule has 1 heterocycles. The molecule has 2 saturated carbocycles. The summed E-state index contributed by atoms with van der Waals surface area (Å²) in [5, 5.41) is 16.7. The maximum Gasteiger partial charge on any atom is 0.305 e. The molecule has 0 atom stereocenters. The molecular weight excluding hydrogens is 394 g/mol. The number of hydrogen-bond donors (Lipinski definition) is 1. The third kappa shape index (κ3) is 9.40. The summed E-state index contributed by atoms with van der Waals surface area (Å²) in [6, 6.07) is 0. The van der Waals surface area contributed by atoms with Crippen LogP contribution in [0.3, 0.4) is 0 Å². The van der Waals surface area contributed by atoms with Crippen molar-refractivity contribution >= 4 is 11.9 Å². The summed E-state index contributed by atoms with van der Waals surface area (Å²) in [6.45, 7) is 13.4. The highest BCUT2D eigenvalue weighted by atomic mass is 16.5. The summed E-state index contributed by atoms with van der Waals surface area (Å²) in [6.07, 6.45) is 7.79. The maximum absolute atomic E-state index is 11.3. The molecule has 31 heavy (non-hydrogen) atoms. The van der Waals surface area contributed by atoms with Crippen LogP contribution in [0.1, 0.15) is 116 Å². The number of aromatic nitrogens is 3. The van der Waals surface area contributed by atoms with E-state index in [1.807, 2.05) is 13.8 Å². The lowest BCUT2D eigenvalue weighted by Crippen LogP contribution is -2.27. The highest BCUT2D eigenvalue weighted by Gasteiger charge is 2.39. The summed E-state index contributed by atoms with van der Waals surface area (Å²) in [5.74, 6) is 1.20. The molecule has 0 amide bonds. The largest absolute Gasteiger partial charge is 0.481 e. The van der Waals surface area contributed by atoms with Gasteiger partial charge in [0.1, 0.15) is 0 Å². The minimum absolute atomic E-state index is 0.146. The third-order valence-corrected chi connectivity index (χ3v) is 5.57. The van der Waals surface area contributed by atoms with Gasteiger partial charge in [-0.2, -0.15) is 0 Å². The molecule has 3 rings (SSSR count). The molecular formula is C24H43N3O4. The first kappa shape index (κ1) is 27.1. The van der Waals surface area contributed by atoms with Crippen LogP contribution >= 0.6 is 0 Å². The fraction of sp³-hybridized carbons (Fsp3) is 0.833. The van der Waals surface area contributed by atoms with Gasteiger partial charge in [-0.05, 0) is 49.9 Å². The summed E-state index contributed by atoms with van der Waals surface area (Å²) in [7, 11) is 1.44. The molecule has 2 fully saturated rings. The van der Waals surface area contributed by atoms with E-state index < -0.39 is 5.97 Å². The number of hydrogen-bond acceptors (Lipinski definition) is 5. The third-order valence-electron chi connectivity index (χ3n) is 5.57. The molecule has 7 heteroatoms. The Morgan fingerprint density at radius 2 is 1.74 bits per heavy atom. The van der Waals surface area contributed by atoms with E-state index in [0.717, 1.165) is 18.9 Å². The predicted octanol–water partition coefficient (Wildman–Crippen LogP) is 5.55. The molecule has 178 valence electrons. The molecule has 0 aliphatic heterocycles. The highest BCUT2D eigenvalue weighted by molar-refractivity contribution is 5.69. The van der Waals surface area contributed by atoms with Gasteiger partial charge in [0.2, 0.25) is 0 Å². The van der Waals surface area contributed by atoms with Crippen LogP contribution in [0.25, 0.3) is 0 Å². The summed E-state index contributed by atoms with van der Waals surface area (Å²) in [5.41, 5.74) is 3.03. The van der Waals surface area contributed by atoms with E-state index in [4.69, 9.17) is 9.84 Å². The van der Waals surface area contributed by atoms with Gasteiger partial charge in [0.05, 0.1) is 18.5 Å². The number of carbonyl (C=O) groups excluding carboxylic acids is 1. The molecule has 7 nitrogen and oxygen atoms in total. The Labute approximate surface area is 187 Å². The molecule has 0 radical (unpaired) electrons. The number of carboxylic acid groups (broad SMARTS) is 1. The van der Waals surface area contributed by atoms with Crippen LogP contribution in [0.4, 0.5) is 0 Å². The molecule has 0 spiro atoms. The van der Waals surface area contributed by atoms with Gasteiger partial charge in [0.25, 0.3) is 0 Å². The summed E-state index contributed by atoms with van der Waals surface area (Å²) in [4.78, 5) is 20.7. The monoisotopic (exact) mass is 437 g/mol. The van der Waals surface area contributed by atoms with Crippen molar-refractivity contribution in [1.29, 1.82) is 0 Å². The first-order valence-corrected chi connectivity index (χ1v) is 11.9. The van der Waals surface area contributed by atoms with Crippen molar-refractivity contribution < 1.29 is 19.4 Å². The van der Waals surface area contributed by atoms with E-state index >= 15 is 0 Å². The van der Waals surface area contributed by atoms with Gasteiger partial charge in [0, 0.05) is 31.2 Å². The normalized spacial score (nSPS) is 19.8. The molecule has 2 aliphatic rings. The molecule has 0 aromatic carbocycles. The number of aliphatic carboxylic acids is 1. The average molecular weight is 438 g/mol. The zero-order valence-electron chi connectivity index (χ0n) is 20.6. The topological polar surface area (TPSA) is 94.3 Å². The maximum atomic E-state index is 11.3. The van der Waals surface area contributed by atoms with Gasteiger partial charge in [-0.1, -0.05) is 46.8 Å². The van der Waals surface area contributed by atoms with Crippen molar-refractivity contribution in [3.8, 4) is 0 Å². The van der Waals surface area contributed by atoms with Crippen molar-refractivity contribution in [3.63, 3.8) is 0 Å². The van der Waals surface area contributed by atoms with Gasteiger partial charge in [0.15, 0.2) is 0 Å². The lowest BCUT2D eigenvalue weighted by Gasteiger charge is -2.38. The van der Waals surface area contributed by atoms with Crippen molar-refractivity contribution in [1.82, 2.24) is 15.0 Å². The molecule has 1 aromatic rings. The van der Waals surface area contributed by atoms with Crippen molar-refractivity contribution in [2.24, 2.45) is 11.3 Å². The zero-order chi connectivity index (χ0) is 23.6. The lowest BCUT2D eigenvalue weighted by atomic mass is 9.67. The van der Waals surface area contributed by atoms with E-state index in [1.165, 1.54) is 50.6 Å². The second kappa shape index (κ2) is 12.8. The second-order valence-electron chi connectivity index (χ2n) is 9.58. The standard InChI is InChI=1S/C19H31N3O2.C3H6O2.C2H6/c1-19(2,3)12-13-10-15(11-13)17-18(14-7-8-14)22(21-20-17)9-5-6-16(23)24-4;1-2-3(4)5;1-2/h13-15H,5-12H2,1-4H3;2H2,1H3,(H,4,5);1-2H3. The van der Waals surface area contributed by atoms with E-state index in [9.17, 15) is 9.59 Å². The summed E-state index contributed by atoms with van der Waals surface area (Å²) >= 11 is 0. The van der Waals surface area contributed by atoms with Crippen molar-refractivity contribution in [2.45, 2.75) is 111 Å². The van der Waals surface area contributed by atoms with Crippen LogP contribution < -0.4 is 0 Å². The van der Waals surface area contributed by atoms with Crippen LogP contribution in [0.15, 0.2) is 0 Å². The van der Waals surface area contributed by atoms with Gasteiger partial charge in [-0.25, -0.2) is 4.68 Å². The van der Waals surface area contributed by atoms with Crippen molar-refractivity contribution in [3.05, 3.63) is 11.4 Å². The van der Waals surface area contributed by atoms with E-state index in [0.29, 0.717) is 23.7 Å². The number of nitrogens with zero attached hydrogens (tertiary/aromatic N) is 3. The van der Waals surface area contributed by atoms with E-state index in [-0.39, 0.29) is 12.4 Å². The minimum atomic E-state index is -0.745. The Kier molecular flexibility index (Phi) is 11.2. The second-order valence-corrected chi connectivity index (χ2v) is 9.58. The number of carbonyl (C=O) groups is 2. The smallest absolute Gasteiger partial charge is 0.305 e. The Bertz CT molecular complexity index is 683. The number of esters is 1. The predicted molar refractivity (Wildman–Crippen MR) is 122 cm³/mol. The van der Waals surface area contributed by atoms with Gasteiger partial charge >= 0.3 is 11.9 Å². The number of ether oxygens (including phenoxy) is 1. The molecule has 0 unspecified atom stereocenters. The quantitative estimate of drug-likeness (QED) is 0.536. The number of rotatable bonds is 8. The first-order chi connectivity index (χ1) is 14.6. The Morgan fingerprint density at radius 1 is 1.16 bits per heavy atom. The van der Waals surface area contributed by atoms with Crippen LogP contribution in [-0.4, -0.2) is 39.1 Å². The fourth-order valence-corrected chi connectivity index (χ4v) is 4.03. The SMILES string of the molecule is CC.CCC(=O)O.COC(=O)CCCn1nnc(C2CC(CC(C)(C)C)C2)c1C1CC1.